The predicted octanol–water partition coefficient (Wildman–Crippen LogP) is 3.88. The van der Waals surface area contributed by atoms with Gasteiger partial charge in [0.05, 0.1) is 0 Å². The molecule has 1 heteroatoms. The van der Waals surface area contributed by atoms with Gasteiger partial charge in [0.2, 0.25) is 0 Å². The standard InChI is InChI=1S/3C5H8.Na/c3*1-3-5-4-2;/h3*1H,4-5H2,2H3;. The van der Waals surface area contributed by atoms with Gasteiger partial charge in [0.1, 0.15) is 0 Å². The second-order valence-electron chi connectivity index (χ2n) is 2.86. The fraction of sp³-hybridized carbons (Fsp3) is 0.600. The van der Waals surface area contributed by atoms with Crippen molar-refractivity contribution in [1.82, 2.24) is 0 Å². The SMILES string of the molecule is C#CCCC.C#CCCC.C#CCCC.[Na]. The van der Waals surface area contributed by atoms with Gasteiger partial charge in [-0.15, -0.1) is 37.0 Å². The number of terminal acetylenes is 3. The zero-order chi connectivity index (χ0) is 12.4. The third-order valence-electron chi connectivity index (χ3n) is 1.18. The third-order valence-corrected chi connectivity index (χ3v) is 1.18. The minimum absolute atomic E-state index is 0. The van der Waals surface area contributed by atoms with Crippen LogP contribution in [0.2, 0.25) is 0 Å². The van der Waals surface area contributed by atoms with E-state index in [-0.39, 0.29) is 29.6 Å². The molecule has 0 spiro atoms. The molecule has 1 radical (unpaired) electrons. The van der Waals surface area contributed by atoms with Gasteiger partial charge in [-0.3, -0.25) is 0 Å². The second-order valence-corrected chi connectivity index (χ2v) is 2.86. The van der Waals surface area contributed by atoms with E-state index in [1.807, 2.05) is 0 Å². The molecule has 0 aromatic heterocycles. The van der Waals surface area contributed by atoms with E-state index in [2.05, 4.69) is 38.5 Å². The van der Waals surface area contributed by atoms with Crippen molar-refractivity contribution in [1.29, 1.82) is 0 Å². The molecule has 0 heterocycles. The summed E-state index contributed by atoms with van der Waals surface area (Å²) in [6, 6.07) is 0. The van der Waals surface area contributed by atoms with Crippen molar-refractivity contribution in [2.45, 2.75) is 59.3 Å². The molecular weight excluding hydrogens is 203 g/mol. The largest absolute Gasteiger partial charge is 0.120 e. The van der Waals surface area contributed by atoms with Crippen LogP contribution in [0, 0.1) is 37.0 Å². The zero-order valence-corrected chi connectivity index (χ0v) is 13.5. The minimum Gasteiger partial charge on any atom is -0.120 e. The maximum Gasteiger partial charge on any atom is 0.00834 e. The van der Waals surface area contributed by atoms with E-state index in [0.717, 1.165) is 38.5 Å². The topological polar surface area (TPSA) is 0 Å². The molecule has 0 aliphatic carbocycles. The van der Waals surface area contributed by atoms with Gasteiger partial charge in [-0.1, -0.05) is 20.8 Å². The first-order valence-corrected chi connectivity index (χ1v) is 5.55. The Morgan fingerprint density at radius 1 is 0.625 bits per heavy atom. The van der Waals surface area contributed by atoms with Crippen LogP contribution < -0.4 is 0 Å². The van der Waals surface area contributed by atoms with E-state index >= 15 is 0 Å². The zero-order valence-electron chi connectivity index (χ0n) is 11.5. The van der Waals surface area contributed by atoms with Crippen LogP contribution in [-0.4, -0.2) is 29.6 Å². The summed E-state index contributed by atoms with van der Waals surface area (Å²) < 4.78 is 0. The Labute approximate surface area is 125 Å². The molecule has 0 saturated heterocycles. The minimum atomic E-state index is 0. The van der Waals surface area contributed by atoms with Crippen LogP contribution in [0.1, 0.15) is 59.3 Å². The summed E-state index contributed by atoms with van der Waals surface area (Å²) in [5.74, 6) is 7.55. The van der Waals surface area contributed by atoms with Gasteiger partial charge in [0, 0.05) is 48.8 Å². The smallest absolute Gasteiger partial charge is 0.00834 e. The van der Waals surface area contributed by atoms with E-state index in [1.54, 1.807) is 0 Å². The summed E-state index contributed by atoms with van der Waals surface area (Å²) in [6.07, 6.45) is 20.7. The van der Waals surface area contributed by atoms with E-state index in [1.165, 1.54) is 0 Å². The van der Waals surface area contributed by atoms with Crippen LogP contribution >= 0.6 is 0 Å². The van der Waals surface area contributed by atoms with Crippen molar-refractivity contribution < 1.29 is 0 Å². The van der Waals surface area contributed by atoms with Crippen molar-refractivity contribution in [2.75, 3.05) is 0 Å². The molecular formula is C15H24Na. The van der Waals surface area contributed by atoms with Gasteiger partial charge in [0.25, 0.3) is 0 Å². The van der Waals surface area contributed by atoms with Crippen LogP contribution in [0.4, 0.5) is 0 Å². The van der Waals surface area contributed by atoms with Crippen LogP contribution in [0.5, 0.6) is 0 Å². The molecule has 0 atom stereocenters. The Morgan fingerprint density at radius 2 is 0.812 bits per heavy atom. The first-order valence-electron chi connectivity index (χ1n) is 5.55. The molecule has 16 heavy (non-hydrogen) atoms. The molecule has 0 bridgehead atoms. The van der Waals surface area contributed by atoms with Gasteiger partial charge in [-0.2, -0.15) is 0 Å². The van der Waals surface area contributed by atoms with E-state index in [4.69, 9.17) is 19.3 Å². The molecule has 0 amide bonds. The Kier molecular flexibility index (Phi) is 56.4. The normalized spacial score (nSPS) is 6.00. The molecule has 0 fully saturated rings. The van der Waals surface area contributed by atoms with Gasteiger partial charge in [-0.25, -0.2) is 0 Å². The molecule has 0 aliphatic rings. The average Bonchev–Trinajstić information content (AvgIpc) is 2.23. The molecule has 0 rings (SSSR count). The molecule has 0 N–H and O–H groups in total. The molecule has 85 valence electrons. The van der Waals surface area contributed by atoms with E-state index in [9.17, 15) is 0 Å². The number of unbranched alkanes of at least 4 members (excludes halogenated alkanes) is 3. The van der Waals surface area contributed by atoms with Crippen molar-refractivity contribution in [3.63, 3.8) is 0 Å². The maximum atomic E-state index is 4.89. The summed E-state index contributed by atoms with van der Waals surface area (Å²) >= 11 is 0. The van der Waals surface area contributed by atoms with E-state index in [0.29, 0.717) is 0 Å². The third kappa shape index (κ3) is 68.2. The Hall–Kier alpha value is -0.320. The van der Waals surface area contributed by atoms with Gasteiger partial charge in [0.15, 0.2) is 0 Å². The molecule has 0 saturated carbocycles. The van der Waals surface area contributed by atoms with Crippen LogP contribution in [0.25, 0.3) is 0 Å². The first kappa shape index (κ1) is 24.8. The van der Waals surface area contributed by atoms with Crippen LogP contribution in [0.15, 0.2) is 0 Å². The Balaban J connectivity index is -0.0000000655. The van der Waals surface area contributed by atoms with Gasteiger partial charge < -0.3 is 0 Å². The van der Waals surface area contributed by atoms with Crippen molar-refractivity contribution in [2.24, 2.45) is 0 Å². The number of rotatable bonds is 3. The number of hydrogen-bond donors (Lipinski definition) is 0. The molecule has 0 aromatic carbocycles. The predicted molar refractivity (Wildman–Crippen MR) is 77.0 cm³/mol. The van der Waals surface area contributed by atoms with Crippen molar-refractivity contribution >= 4 is 29.6 Å². The summed E-state index contributed by atoms with van der Waals surface area (Å²) in [7, 11) is 0. The summed E-state index contributed by atoms with van der Waals surface area (Å²) in [5, 5.41) is 0. The number of hydrogen-bond acceptors (Lipinski definition) is 0. The molecule has 0 aromatic rings. The van der Waals surface area contributed by atoms with Crippen molar-refractivity contribution in [3.8, 4) is 37.0 Å². The van der Waals surface area contributed by atoms with Crippen molar-refractivity contribution in [3.05, 3.63) is 0 Å². The monoisotopic (exact) mass is 227 g/mol. The molecule has 0 aliphatic heterocycles. The second kappa shape index (κ2) is 36.5. The average molecular weight is 227 g/mol. The fourth-order valence-electron chi connectivity index (χ4n) is 0.433. The quantitative estimate of drug-likeness (QED) is 0.507. The molecule has 0 unspecified atom stereocenters. The fourth-order valence-corrected chi connectivity index (χ4v) is 0.433. The molecule has 0 nitrogen and oxygen atoms in total. The summed E-state index contributed by atoms with van der Waals surface area (Å²) in [5.41, 5.74) is 0. The summed E-state index contributed by atoms with van der Waals surface area (Å²) in [4.78, 5) is 0. The summed E-state index contributed by atoms with van der Waals surface area (Å²) in [6.45, 7) is 6.21. The van der Waals surface area contributed by atoms with E-state index < -0.39 is 0 Å². The Morgan fingerprint density at radius 3 is 0.812 bits per heavy atom. The van der Waals surface area contributed by atoms with Crippen LogP contribution in [-0.2, 0) is 0 Å². The Bertz CT molecular complexity index is 159. The first-order chi connectivity index (χ1) is 7.24. The van der Waals surface area contributed by atoms with Gasteiger partial charge >= 0.3 is 0 Å². The van der Waals surface area contributed by atoms with Gasteiger partial charge in [-0.05, 0) is 19.3 Å². The maximum absolute atomic E-state index is 4.89. The van der Waals surface area contributed by atoms with Crippen LogP contribution in [0.3, 0.4) is 0 Å².